The average Bonchev–Trinajstić information content (AvgIpc) is 2.82. The van der Waals surface area contributed by atoms with Crippen LogP contribution in [0.15, 0.2) is 42.5 Å². The van der Waals surface area contributed by atoms with E-state index < -0.39 is 21.9 Å². The molecule has 0 fully saturated rings. The van der Waals surface area contributed by atoms with Gasteiger partial charge < -0.3 is 10.2 Å². The van der Waals surface area contributed by atoms with Crippen LogP contribution in [0.1, 0.15) is 45.1 Å². The minimum Gasteiger partial charge on any atom is -0.354 e. The van der Waals surface area contributed by atoms with Crippen LogP contribution in [-0.4, -0.2) is 50.5 Å². The Kier molecular flexibility index (Phi) is 11.5. The van der Waals surface area contributed by atoms with Gasteiger partial charge >= 0.3 is 0 Å². The van der Waals surface area contributed by atoms with Crippen molar-refractivity contribution >= 4 is 50.7 Å². The van der Waals surface area contributed by atoms with Gasteiger partial charge in [-0.05, 0) is 61.7 Å². The first kappa shape index (κ1) is 29.9. The van der Waals surface area contributed by atoms with Crippen LogP contribution in [0.2, 0.25) is 10.0 Å². The number of unbranched alkanes of at least 4 members (excludes halogenated alkanes) is 1. The molecule has 0 bridgehead atoms. The Morgan fingerprint density at radius 3 is 2.31 bits per heavy atom. The fourth-order valence-corrected chi connectivity index (χ4v) is 4.85. The average molecular weight is 561 g/mol. The van der Waals surface area contributed by atoms with Gasteiger partial charge in [0.15, 0.2) is 0 Å². The van der Waals surface area contributed by atoms with Crippen molar-refractivity contribution in [2.75, 3.05) is 23.7 Å². The molecule has 0 heterocycles. The SMILES string of the molecule is CCCCNC(=O)C(C)N(Cc1ccc(Cl)c(Cl)c1)C(=O)CCCN(c1ccc(F)cc1)S(C)(=O)=O. The number of hydrogen-bond acceptors (Lipinski definition) is 4. The lowest BCUT2D eigenvalue weighted by molar-refractivity contribution is -0.140. The van der Waals surface area contributed by atoms with Crippen molar-refractivity contribution in [3.05, 3.63) is 63.9 Å². The predicted octanol–water partition coefficient (Wildman–Crippen LogP) is 5.01. The van der Waals surface area contributed by atoms with E-state index in [1.807, 2.05) is 6.92 Å². The van der Waals surface area contributed by atoms with E-state index >= 15 is 0 Å². The van der Waals surface area contributed by atoms with Gasteiger partial charge in [0, 0.05) is 26.1 Å². The molecule has 0 aliphatic carbocycles. The fraction of sp³-hybridized carbons (Fsp3) is 0.440. The summed E-state index contributed by atoms with van der Waals surface area (Å²) >= 11 is 12.1. The van der Waals surface area contributed by atoms with Crippen molar-refractivity contribution < 1.29 is 22.4 Å². The molecule has 0 aromatic heterocycles. The Bertz CT molecular complexity index is 1150. The highest BCUT2D eigenvalue weighted by molar-refractivity contribution is 7.92. The summed E-state index contributed by atoms with van der Waals surface area (Å²) in [6.07, 6.45) is 3.00. The second-order valence-electron chi connectivity index (χ2n) is 8.51. The molecule has 0 aliphatic heterocycles. The number of hydrogen-bond donors (Lipinski definition) is 1. The number of nitrogens with one attached hydrogen (secondary N) is 1. The maximum absolute atomic E-state index is 13.3. The summed E-state index contributed by atoms with van der Waals surface area (Å²) in [5, 5.41) is 3.56. The number of sulfonamides is 1. The molecule has 1 unspecified atom stereocenters. The Morgan fingerprint density at radius 2 is 1.72 bits per heavy atom. The molecule has 2 aromatic carbocycles. The highest BCUT2D eigenvalue weighted by atomic mass is 35.5. The first-order valence-electron chi connectivity index (χ1n) is 11.7. The van der Waals surface area contributed by atoms with Crippen LogP contribution in [0.3, 0.4) is 0 Å². The van der Waals surface area contributed by atoms with E-state index in [1.165, 1.54) is 29.2 Å². The lowest BCUT2D eigenvalue weighted by Gasteiger charge is -2.29. The number of carbonyl (C=O) groups excluding carboxylic acids is 2. The van der Waals surface area contributed by atoms with Gasteiger partial charge in [-0.15, -0.1) is 0 Å². The second-order valence-corrected chi connectivity index (χ2v) is 11.2. The van der Waals surface area contributed by atoms with Gasteiger partial charge in [-0.25, -0.2) is 12.8 Å². The summed E-state index contributed by atoms with van der Waals surface area (Å²) in [7, 11) is -3.65. The van der Waals surface area contributed by atoms with Crippen molar-refractivity contribution in [3.63, 3.8) is 0 Å². The first-order chi connectivity index (χ1) is 16.9. The molecule has 198 valence electrons. The number of benzene rings is 2. The smallest absolute Gasteiger partial charge is 0.242 e. The highest BCUT2D eigenvalue weighted by Crippen LogP contribution is 2.24. The number of nitrogens with zero attached hydrogens (tertiary/aromatic N) is 2. The Balaban J connectivity index is 2.16. The monoisotopic (exact) mass is 559 g/mol. The molecular weight excluding hydrogens is 528 g/mol. The highest BCUT2D eigenvalue weighted by Gasteiger charge is 2.26. The van der Waals surface area contributed by atoms with Crippen LogP contribution in [0.4, 0.5) is 10.1 Å². The molecule has 11 heteroatoms. The lowest BCUT2D eigenvalue weighted by atomic mass is 10.1. The molecule has 36 heavy (non-hydrogen) atoms. The molecule has 7 nitrogen and oxygen atoms in total. The molecule has 0 saturated heterocycles. The number of anilines is 1. The standard InChI is InChI=1S/C25H32Cl2FN3O4S/c1-4-5-14-29-25(33)18(2)30(17-19-8-13-22(26)23(27)16-19)24(32)7-6-15-31(36(3,34)35)21-11-9-20(28)10-12-21/h8-13,16,18H,4-7,14-15,17H2,1-3H3,(H,29,33). The molecule has 1 atom stereocenters. The third-order valence-corrected chi connectivity index (χ3v) is 7.53. The summed E-state index contributed by atoms with van der Waals surface area (Å²) in [6, 6.07) is 9.34. The zero-order valence-corrected chi connectivity index (χ0v) is 23.0. The van der Waals surface area contributed by atoms with Crippen LogP contribution in [0.5, 0.6) is 0 Å². The van der Waals surface area contributed by atoms with Crippen LogP contribution in [-0.2, 0) is 26.2 Å². The van der Waals surface area contributed by atoms with Crippen molar-refractivity contribution in [1.29, 1.82) is 0 Å². The molecule has 1 N–H and O–H groups in total. The second kappa shape index (κ2) is 13.8. The van der Waals surface area contributed by atoms with Crippen molar-refractivity contribution in [3.8, 4) is 0 Å². The van der Waals surface area contributed by atoms with E-state index in [9.17, 15) is 22.4 Å². The molecule has 0 spiro atoms. The van der Waals surface area contributed by atoms with Gasteiger partial charge in [0.1, 0.15) is 11.9 Å². The van der Waals surface area contributed by atoms with Crippen LogP contribution >= 0.6 is 23.2 Å². The Morgan fingerprint density at radius 1 is 1.06 bits per heavy atom. The van der Waals surface area contributed by atoms with Gasteiger partial charge in [-0.3, -0.25) is 13.9 Å². The first-order valence-corrected chi connectivity index (χ1v) is 14.3. The summed E-state index contributed by atoms with van der Waals surface area (Å²) in [5.41, 5.74) is 1.01. The molecule has 2 amide bonds. The van der Waals surface area contributed by atoms with E-state index in [1.54, 1.807) is 25.1 Å². The maximum Gasteiger partial charge on any atom is 0.242 e. The van der Waals surface area contributed by atoms with E-state index in [-0.39, 0.29) is 37.7 Å². The topological polar surface area (TPSA) is 86.8 Å². The Hall–Kier alpha value is -2.36. The lowest BCUT2D eigenvalue weighted by Crippen LogP contribution is -2.48. The summed E-state index contributed by atoms with van der Waals surface area (Å²) < 4.78 is 39.0. The van der Waals surface area contributed by atoms with E-state index in [0.717, 1.165) is 23.4 Å². The molecule has 0 saturated carbocycles. The van der Waals surface area contributed by atoms with Gasteiger partial charge in [0.2, 0.25) is 21.8 Å². The van der Waals surface area contributed by atoms with E-state index in [2.05, 4.69) is 5.32 Å². The minimum atomic E-state index is -3.65. The summed E-state index contributed by atoms with van der Waals surface area (Å²) in [4.78, 5) is 27.4. The fourth-order valence-electron chi connectivity index (χ4n) is 3.56. The third-order valence-electron chi connectivity index (χ3n) is 5.60. The normalized spacial score (nSPS) is 12.2. The molecule has 2 aromatic rings. The molecule has 0 radical (unpaired) electrons. The summed E-state index contributed by atoms with van der Waals surface area (Å²) in [6.45, 7) is 4.33. The number of halogens is 3. The van der Waals surface area contributed by atoms with E-state index in [0.29, 0.717) is 27.8 Å². The summed E-state index contributed by atoms with van der Waals surface area (Å²) in [5.74, 6) is -1.07. The Labute approximate surface area is 222 Å². The predicted molar refractivity (Wildman–Crippen MR) is 142 cm³/mol. The molecular formula is C25H32Cl2FN3O4S. The zero-order chi connectivity index (χ0) is 26.9. The van der Waals surface area contributed by atoms with Crippen molar-refractivity contribution in [1.82, 2.24) is 10.2 Å². The van der Waals surface area contributed by atoms with E-state index in [4.69, 9.17) is 23.2 Å². The van der Waals surface area contributed by atoms with Crippen molar-refractivity contribution in [2.45, 2.75) is 52.1 Å². The zero-order valence-electron chi connectivity index (χ0n) is 20.6. The van der Waals surface area contributed by atoms with Crippen molar-refractivity contribution in [2.24, 2.45) is 0 Å². The van der Waals surface area contributed by atoms with Crippen LogP contribution in [0.25, 0.3) is 0 Å². The van der Waals surface area contributed by atoms with Gasteiger partial charge in [-0.2, -0.15) is 0 Å². The molecule has 0 aliphatic rings. The van der Waals surface area contributed by atoms with Gasteiger partial charge in [-0.1, -0.05) is 42.6 Å². The number of amides is 2. The van der Waals surface area contributed by atoms with Crippen LogP contribution in [0, 0.1) is 5.82 Å². The van der Waals surface area contributed by atoms with Gasteiger partial charge in [0.05, 0.1) is 22.0 Å². The minimum absolute atomic E-state index is 0.00111. The number of rotatable bonds is 13. The van der Waals surface area contributed by atoms with Crippen LogP contribution < -0.4 is 9.62 Å². The quantitative estimate of drug-likeness (QED) is 0.349. The van der Waals surface area contributed by atoms with Gasteiger partial charge in [0.25, 0.3) is 0 Å². The third kappa shape index (κ3) is 8.94. The largest absolute Gasteiger partial charge is 0.354 e. The maximum atomic E-state index is 13.3. The number of carbonyl (C=O) groups is 2. The molecule has 2 rings (SSSR count).